The Morgan fingerprint density at radius 1 is 1.30 bits per heavy atom. The summed E-state index contributed by atoms with van der Waals surface area (Å²) in [6.07, 6.45) is 12.8. The van der Waals surface area contributed by atoms with Gasteiger partial charge in [0.25, 0.3) is 0 Å². The van der Waals surface area contributed by atoms with Crippen molar-refractivity contribution in [1.82, 2.24) is 4.90 Å². The quantitative estimate of drug-likeness (QED) is 0.402. The van der Waals surface area contributed by atoms with E-state index in [1.54, 1.807) is 0 Å². The molecule has 4 heteroatoms. The Kier molecular flexibility index (Phi) is 10.9. The molecular formula is C19H34N2O2. The molecule has 1 N–H and O–H groups in total. The maximum atomic E-state index is 9.30. The maximum Gasteiger partial charge on any atom is 0.0990 e. The molecule has 0 spiro atoms. The monoisotopic (exact) mass is 322 g/mol. The van der Waals surface area contributed by atoms with Gasteiger partial charge in [-0.2, -0.15) is 0 Å². The van der Waals surface area contributed by atoms with Crippen LogP contribution in [0.25, 0.3) is 0 Å². The van der Waals surface area contributed by atoms with Gasteiger partial charge in [-0.15, -0.1) is 0 Å². The topological polar surface area (TPSA) is 45.1 Å². The van der Waals surface area contributed by atoms with E-state index >= 15 is 0 Å². The minimum atomic E-state index is 0.194. The van der Waals surface area contributed by atoms with Gasteiger partial charge in [-0.25, -0.2) is 0 Å². The third-order valence-electron chi connectivity index (χ3n) is 4.22. The highest BCUT2D eigenvalue weighted by molar-refractivity contribution is 5.83. The van der Waals surface area contributed by atoms with Crippen LogP contribution in [0, 0.1) is 5.92 Å². The molecule has 1 rings (SSSR count). The Hall–Kier alpha value is -0.970. The molecule has 0 amide bonds. The van der Waals surface area contributed by atoms with Gasteiger partial charge < -0.3 is 9.84 Å². The van der Waals surface area contributed by atoms with Crippen molar-refractivity contribution in [3.63, 3.8) is 0 Å². The summed E-state index contributed by atoms with van der Waals surface area (Å²) in [6, 6.07) is 0. The highest BCUT2D eigenvalue weighted by Gasteiger charge is 2.19. The van der Waals surface area contributed by atoms with E-state index in [0.29, 0.717) is 25.7 Å². The molecule has 0 saturated carbocycles. The lowest BCUT2D eigenvalue weighted by atomic mass is 10.0. The molecular weight excluding hydrogens is 288 g/mol. The molecule has 1 aliphatic rings. The van der Waals surface area contributed by atoms with Gasteiger partial charge in [0.1, 0.15) is 0 Å². The molecule has 23 heavy (non-hydrogen) atoms. The van der Waals surface area contributed by atoms with Crippen LogP contribution in [0.2, 0.25) is 0 Å². The van der Waals surface area contributed by atoms with E-state index < -0.39 is 0 Å². The van der Waals surface area contributed by atoms with E-state index in [1.165, 1.54) is 0 Å². The molecule has 0 aromatic rings. The van der Waals surface area contributed by atoms with Crippen LogP contribution in [0.4, 0.5) is 0 Å². The van der Waals surface area contributed by atoms with E-state index in [4.69, 9.17) is 9.73 Å². The van der Waals surface area contributed by atoms with Crippen molar-refractivity contribution in [2.75, 3.05) is 32.9 Å². The van der Waals surface area contributed by atoms with Crippen LogP contribution in [0.5, 0.6) is 0 Å². The maximum absolute atomic E-state index is 9.30. The van der Waals surface area contributed by atoms with Gasteiger partial charge in [-0.3, -0.25) is 9.89 Å². The predicted molar refractivity (Wildman–Crippen MR) is 98.0 cm³/mol. The fourth-order valence-electron chi connectivity index (χ4n) is 2.81. The van der Waals surface area contributed by atoms with Crippen LogP contribution >= 0.6 is 0 Å². The first-order valence-corrected chi connectivity index (χ1v) is 8.95. The molecule has 132 valence electrons. The van der Waals surface area contributed by atoms with Crippen LogP contribution < -0.4 is 0 Å². The average molecular weight is 322 g/mol. The zero-order valence-electron chi connectivity index (χ0n) is 15.1. The van der Waals surface area contributed by atoms with E-state index in [9.17, 15) is 5.11 Å². The van der Waals surface area contributed by atoms with Crippen molar-refractivity contribution in [3.8, 4) is 0 Å². The number of aliphatic hydroxyl groups is 1. The summed E-state index contributed by atoms with van der Waals surface area (Å²) in [6.45, 7) is 9.92. The van der Waals surface area contributed by atoms with Crippen molar-refractivity contribution >= 4 is 5.71 Å². The number of hydrogen-bond acceptors (Lipinski definition) is 4. The number of rotatable bonds is 9. The number of allylic oxidation sites excluding steroid dienone is 3. The van der Waals surface area contributed by atoms with E-state index in [0.717, 1.165) is 44.5 Å². The third kappa shape index (κ3) is 9.04. The minimum absolute atomic E-state index is 0.194. The molecule has 1 fully saturated rings. The zero-order chi connectivity index (χ0) is 16.9. The fraction of sp³-hybridized carbons (Fsp3) is 0.737. The molecule has 1 saturated heterocycles. The molecule has 0 radical (unpaired) electrons. The summed E-state index contributed by atoms with van der Waals surface area (Å²) in [5, 5.41) is 9.30. The van der Waals surface area contributed by atoms with Gasteiger partial charge in [0, 0.05) is 25.4 Å². The summed E-state index contributed by atoms with van der Waals surface area (Å²) < 4.78 is 5.62. The van der Waals surface area contributed by atoms with E-state index in [2.05, 4.69) is 24.8 Å². The van der Waals surface area contributed by atoms with Gasteiger partial charge in [0.05, 0.1) is 19.4 Å². The second kappa shape index (κ2) is 12.5. The standard InChI is InChI=1S/C19H34N2O2/c1-4-5-6-7-8-14-23-16-17(2)20-18(3)21-12-9-10-19(15-22)11-13-21/h5-8,18-19,22H,4,9-16H2,1-3H3/b6-5-,8-7-,20-17?. The summed E-state index contributed by atoms with van der Waals surface area (Å²) in [7, 11) is 0. The third-order valence-corrected chi connectivity index (χ3v) is 4.22. The molecule has 0 bridgehead atoms. The Morgan fingerprint density at radius 2 is 2.09 bits per heavy atom. The molecule has 0 aliphatic carbocycles. The molecule has 1 aliphatic heterocycles. The SMILES string of the molecule is CC/C=C\C=C/COCC(C)=NC(C)N1CCCC(CO)CC1. The largest absolute Gasteiger partial charge is 0.396 e. The average Bonchev–Trinajstić information content (AvgIpc) is 2.79. The Morgan fingerprint density at radius 3 is 2.83 bits per heavy atom. The van der Waals surface area contributed by atoms with Gasteiger partial charge in [-0.1, -0.05) is 31.2 Å². The molecule has 4 nitrogen and oxygen atoms in total. The lowest BCUT2D eigenvalue weighted by molar-refractivity contribution is 0.191. The summed E-state index contributed by atoms with van der Waals surface area (Å²) in [4.78, 5) is 7.17. The van der Waals surface area contributed by atoms with Crippen LogP contribution in [0.15, 0.2) is 29.3 Å². The van der Waals surface area contributed by atoms with Crippen molar-refractivity contribution < 1.29 is 9.84 Å². The number of ether oxygens (including phenoxy) is 1. The fourth-order valence-corrected chi connectivity index (χ4v) is 2.81. The number of likely N-dealkylation sites (tertiary alicyclic amines) is 1. The second-order valence-electron chi connectivity index (χ2n) is 6.29. The first kappa shape index (κ1) is 20.1. The Balaban J connectivity index is 2.30. The van der Waals surface area contributed by atoms with Gasteiger partial charge in [0.15, 0.2) is 0 Å². The first-order valence-electron chi connectivity index (χ1n) is 8.95. The predicted octanol–water partition coefficient (Wildman–Crippen LogP) is 3.43. The van der Waals surface area contributed by atoms with E-state index in [-0.39, 0.29) is 6.17 Å². The zero-order valence-corrected chi connectivity index (χ0v) is 15.1. The van der Waals surface area contributed by atoms with Gasteiger partial charge >= 0.3 is 0 Å². The molecule has 0 aromatic carbocycles. The first-order chi connectivity index (χ1) is 11.2. The van der Waals surface area contributed by atoms with Crippen LogP contribution in [-0.4, -0.2) is 54.8 Å². The number of hydrogen-bond donors (Lipinski definition) is 1. The van der Waals surface area contributed by atoms with Crippen LogP contribution in [-0.2, 0) is 4.74 Å². The lowest BCUT2D eigenvalue weighted by Gasteiger charge is -2.25. The number of nitrogens with zero attached hydrogens (tertiary/aromatic N) is 2. The van der Waals surface area contributed by atoms with Crippen molar-refractivity contribution in [2.45, 2.75) is 52.6 Å². The van der Waals surface area contributed by atoms with Crippen LogP contribution in [0.3, 0.4) is 0 Å². The van der Waals surface area contributed by atoms with Crippen molar-refractivity contribution in [2.24, 2.45) is 10.9 Å². The lowest BCUT2D eigenvalue weighted by Crippen LogP contribution is -2.33. The summed E-state index contributed by atoms with van der Waals surface area (Å²) >= 11 is 0. The minimum Gasteiger partial charge on any atom is -0.396 e. The van der Waals surface area contributed by atoms with Gasteiger partial charge in [0.2, 0.25) is 0 Å². The highest BCUT2D eigenvalue weighted by Crippen LogP contribution is 2.18. The van der Waals surface area contributed by atoms with Crippen molar-refractivity contribution in [1.29, 1.82) is 0 Å². The molecule has 1 heterocycles. The van der Waals surface area contributed by atoms with Crippen LogP contribution in [0.1, 0.15) is 46.5 Å². The van der Waals surface area contributed by atoms with E-state index in [1.807, 2.05) is 25.2 Å². The molecule has 2 atom stereocenters. The van der Waals surface area contributed by atoms with Gasteiger partial charge in [-0.05, 0) is 45.4 Å². The highest BCUT2D eigenvalue weighted by atomic mass is 16.5. The summed E-state index contributed by atoms with van der Waals surface area (Å²) in [5.41, 5.74) is 1.04. The number of aliphatic imine (C=N–C) groups is 1. The second-order valence-corrected chi connectivity index (χ2v) is 6.29. The smallest absolute Gasteiger partial charge is 0.0990 e. The Labute approximate surface area is 141 Å². The number of aliphatic hydroxyl groups excluding tert-OH is 1. The normalized spacial score (nSPS) is 22.8. The Bertz CT molecular complexity index is 391. The summed E-state index contributed by atoms with van der Waals surface area (Å²) in [5.74, 6) is 0.467. The molecule has 0 aromatic heterocycles. The molecule has 2 unspecified atom stereocenters. The van der Waals surface area contributed by atoms with Crippen molar-refractivity contribution in [3.05, 3.63) is 24.3 Å².